The minimum absolute atomic E-state index is 0.0243. The molecule has 8 heteroatoms. The molecule has 8 atom stereocenters. The third-order valence-electron chi connectivity index (χ3n) is 8.24. The van der Waals surface area contributed by atoms with Crippen LogP contribution in [-0.4, -0.2) is 56.6 Å². The molecule has 0 radical (unpaired) electrons. The molecule has 0 bridgehead atoms. The maximum Gasteiger partial charge on any atom is 0.309 e. The van der Waals surface area contributed by atoms with E-state index < -0.39 is 53.9 Å². The molecule has 8 nitrogen and oxygen atoms in total. The molecule has 1 aliphatic carbocycles. The van der Waals surface area contributed by atoms with Gasteiger partial charge in [-0.3, -0.25) is 9.59 Å². The molecule has 0 aromatic carbocycles. The van der Waals surface area contributed by atoms with Crippen LogP contribution in [0.2, 0.25) is 0 Å². The van der Waals surface area contributed by atoms with Gasteiger partial charge in [-0.05, 0) is 62.5 Å². The number of aliphatic hydroxyl groups is 4. The predicted molar refractivity (Wildman–Crippen MR) is 156 cm³/mol. The van der Waals surface area contributed by atoms with Gasteiger partial charge in [0, 0.05) is 24.7 Å². The Morgan fingerprint density at radius 2 is 1.78 bits per heavy atom. The lowest BCUT2D eigenvalue weighted by Crippen LogP contribution is -2.39. The van der Waals surface area contributed by atoms with Crippen molar-refractivity contribution >= 4 is 11.8 Å². The summed E-state index contributed by atoms with van der Waals surface area (Å²) >= 11 is 0. The van der Waals surface area contributed by atoms with Crippen molar-refractivity contribution in [2.75, 3.05) is 0 Å². The van der Waals surface area contributed by atoms with Crippen LogP contribution in [0.4, 0.5) is 0 Å². The highest BCUT2D eigenvalue weighted by Crippen LogP contribution is 2.36. The standard InChI is InChI=1S/C33H44O8/c1-19-8-13-26-22(4)31(38)32(39)27(26)14-11-24(34)18-29(36)23(5)33(21(3)9-12-25-7-6-16-40-25)41-30(37)15-10-20(2)28(35)17-19/h6-8,10-11,13-14,16-17,21,23-24,26-29,33-36,38H,9,12,15,18H2,1-5H3/b13-8?,14-11-,19-17+,20-10+/t21-,23+,24+,26+,27-,28-,29+,33-/m1/s1. The fourth-order valence-electron chi connectivity index (χ4n) is 5.41. The molecular weight excluding hydrogens is 524 g/mol. The van der Waals surface area contributed by atoms with Crippen molar-refractivity contribution in [3.63, 3.8) is 0 Å². The highest BCUT2D eigenvalue weighted by Gasteiger charge is 2.37. The van der Waals surface area contributed by atoms with Gasteiger partial charge in [0.1, 0.15) is 11.9 Å². The van der Waals surface area contributed by atoms with E-state index in [1.165, 1.54) is 6.08 Å². The number of ketones is 1. The summed E-state index contributed by atoms with van der Waals surface area (Å²) in [4.78, 5) is 25.7. The Balaban J connectivity index is 1.90. The molecule has 1 aliphatic heterocycles. The number of carbonyl (C=O) groups is 2. The number of aryl methyl sites for hydroxylation is 1. The zero-order valence-electron chi connectivity index (χ0n) is 24.6. The predicted octanol–water partition coefficient (Wildman–Crippen LogP) is 4.92. The minimum atomic E-state index is -1.06. The number of hydrogen-bond acceptors (Lipinski definition) is 8. The molecule has 1 aromatic rings. The molecule has 41 heavy (non-hydrogen) atoms. The molecule has 0 saturated carbocycles. The summed E-state index contributed by atoms with van der Waals surface area (Å²) in [6.07, 6.45) is 9.08. The number of fused-ring (bicyclic) bond motifs is 1. The van der Waals surface area contributed by atoms with Crippen LogP contribution < -0.4 is 0 Å². The van der Waals surface area contributed by atoms with Crippen LogP contribution in [-0.2, 0) is 20.7 Å². The molecule has 0 saturated heterocycles. The average molecular weight is 569 g/mol. The van der Waals surface area contributed by atoms with Crippen molar-refractivity contribution in [1.82, 2.24) is 0 Å². The quantitative estimate of drug-likeness (QED) is 0.297. The normalized spacial score (nSPS) is 34.8. The number of ether oxygens (including phenoxy) is 1. The van der Waals surface area contributed by atoms with E-state index in [0.29, 0.717) is 24.0 Å². The summed E-state index contributed by atoms with van der Waals surface area (Å²) in [6, 6.07) is 3.70. The molecule has 0 unspecified atom stereocenters. The summed E-state index contributed by atoms with van der Waals surface area (Å²) in [6.45, 7) is 8.97. The van der Waals surface area contributed by atoms with Crippen LogP contribution >= 0.6 is 0 Å². The van der Waals surface area contributed by atoms with Gasteiger partial charge in [0.05, 0.1) is 36.9 Å². The Bertz CT molecular complexity index is 1200. The lowest BCUT2D eigenvalue weighted by molar-refractivity contribution is -0.157. The van der Waals surface area contributed by atoms with Gasteiger partial charge in [-0.2, -0.15) is 0 Å². The van der Waals surface area contributed by atoms with Crippen molar-refractivity contribution < 1.29 is 39.2 Å². The molecule has 0 spiro atoms. The first-order chi connectivity index (χ1) is 19.4. The first-order valence-corrected chi connectivity index (χ1v) is 14.3. The molecule has 4 N–H and O–H groups in total. The fourth-order valence-corrected chi connectivity index (χ4v) is 5.41. The van der Waals surface area contributed by atoms with Crippen molar-refractivity contribution in [3.05, 3.63) is 83.1 Å². The van der Waals surface area contributed by atoms with Crippen molar-refractivity contribution in [2.45, 2.75) is 84.7 Å². The molecule has 3 rings (SSSR count). The van der Waals surface area contributed by atoms with Crippen molar-refractivity contribution in [1.29, 1.82) is 0 Å². The van der Waals surface area contributed by atoms with Crippen LogP contribution in [0.15, 0.2) is 81.7 Å². The van der Waals surface area contributed by atoms with Crippen LogP contribution in [0.25, 0.3) is 0 Å². The van der Waals surface area contributed by atoms with Gasteiger partial charge in [-0.25, -0.2) is 0 Å². The number of carbonyl (C=O) groups excluding carboxylic acids is 2. The van der Waals surface area contributed by atoms with Gasteiger partial charge >= 0.3 is 5.97 Å². The van der Waals surface area contributed by atoms with Crippen LogP contribution in [0.5, 0.6) is 0 Å². The third kappa shape index (κ3) is 8.64. The Labute approximate surface area is 242 Å². The second-order valence-corrected chi connectivity index (χ2v) is 11.5. The number of aliphatic hydroxyl groups excluding tert-OH is 4. The van der Waals surface area contributed by atoms with E-state index in [0.717, 1.165) is 11.3 Å². The summed E-state index contributed by atoms with van der Waals surface area (Å²) in [5.41, 5.74) is 1.85. The smallest absolute Gasteiger partial charge is 0.309 e. The molecular formula is C33H44O8. The van der Waals surface area contributed by atoms with Crippen molar-refractivity contribution in [3.8, 4) is 0 Å². The largest absolute Gasteiger partial charge is 0.504 e. The topological polar surface area (TPSA) is 137 Å². The lowest BCUT2D eigenvalue weighted by atomic mass is 9.84. The third-order valence-corrected chi connectivity index (χ3v) is 8.24. The second-order valence-electron chi connectivity index (χ2n) is 11.5. The summed E-state index contributed by atoms with van der Waals surface area (Å²) in [7, 11) is 0. The highest BCUT2D eigenvalue weighted by molar-refractivity contribution is 6.00. The molecule has 1 aromatic heterocycles. The molecule has 2 aliphatic rings. The Morgan fingerprint density at radius 3 is 2.46 bits per heavy atom. The fraction of sp³-hybridized carbons (Fsp3) is 0.515. The van der Waals surface area contributed by atoms with Gasteiger partial charge < -0.3 is 29.6 Å². The Kier molecular flexibility index (Phi) is 11.5. The Morgan fingerprint density at radius 1 is 1.05 bits per heavy atom. The first kappa shape index (κ1) is 32.3. The summed E-state index contributed by atoms with van der Waals surface area (Å²) in [5, 5.41) is 42.8. The van der Waals surface area contributed by atoms with E-state index in [4.69, 9.17) is 9.15 Å². The van der Waals surface area contributed by atoms with Gasteiger partial charge in [0.25, 0.3) is 0 Å². The molecule has 224 valence electrons. The zero-order valence-corrected chi connectivity index (χ0v) is 24.6. The number of cyclic esters (lactones) is 1. The van der Waals surface area contributed by atoms with Gasteiger partial charge in [0.15, 0.2) is 5.76 Å². The number of rotatable bonds is 4. The van der Waals surface area contributed by atoms with E-state index in [1.54, 1.807) is 57.4 Å². The summed E-state index contributed by atoms with van der Waals surface area (Å²) < 4.78 is 11.3. The zero-order chi connectivity index (χ0) is 30.3. The second kappa shape index (κ2) is 14.6. The van der Waals surface area contributed by atoms with E-state index in [-0.39, 0.29) is 24.5 Å². The summed E-state index contributed by atoms with van der Waals surface area (Å²) in [5.74, 6) is -2.13. The van der Waals surface area contributed by atoms with Crippen LogP contribution in [0, 0.1) is 23.7 Å². The molecule has 0 amide bonds. The van der Waals surface area contributed by atoms with E-state index in [2.05, 4.69) is 0 Å². The minimum Gasteiger partial charge on any atom is -0.504 e. The average Bonchev–Trinajstić information content (AvgIpc) is 3.52. The number of furan rings is 1. The first-order valence-electron chi connectivity index (χ1n) is 14.3. The monoisotopic (exact) mass is 568 g/mol. The molecule has 2 heterocycles. The highest BCUT2D eigenvalue weighted by atomic mass is 16.5. The maximum absolute atomic E-state index is 12.9. The number of hydrogen-bond donors (Lipinski definition) is 4. The number of Topliss-reactive ketones (excluding diaryl/α,β-unsaturated/α-hetero) is 1. The Hall–Kier alpha value is -3.20. The van der Waals surface area contributed by atoms with E-state index >= 15 is 0 Å². The van der Waals surface area contributed by atoms with Crippen LogP contribution in [0.1, 0.15) is 59.6 Å². The maximum atomic E-state index is 12.9. The number of esters is 1. The van der Waals surface area contributed by atoms with Gasteiger partial charge in [-0.1, -0.05) is 49.8 Å². The van der Waals surface area contributed by atoms with E-state index in [9.17, 15) is 30.0 Å². The SMILES string of the molecule is CC1=C(O)C(=O)[C@@H]2/C=C\[C@H](O)C[C@H](O)[C@H](C)[C@@H]([C@H](C)CCc3ccco3)OC(=O)C/C=C(\C)[C@H](O)/C=C(\C)C=C[C@@H]12. The lowest BCUT2D eigenvalue weighted by Gasteiger charge is -2.32. The van der Waals surface area contributed by atoms with Gasteiger partial charge in [-0.15, -0.1) is 0 Å². The van der Waals surface area contributed by atoms with Gasteiger partial charge in [0.2, 0.25) is 5.78 Å². The molecule has 0 fully saturated rings. The van der Waals surface area contributed by atoms with Crippen LogP contribution in [0.3, 0.4) is 0 Å². The van der Waals surface area contributed by atoms with E-state index in [1.807, 2.05) is 26.0 Å². The van der Waals surface area contributed by atoms with Crippen molar-refractivity contribution in [2.24, 2.45) is 23.7 Å². The number of allylic oxidation sites excluding steroid dienone is 6.